The van der Waals surface area contributed by atoms with Gasteiger partial charge in [0.2, 0.25) is 0 Å². The number of anilines is 1. The van der Waals surface area contributed by atoms with Crippen LogP contribution in [0, 0.1) is 11.3 Å². The maximum atomic E-state index is 5.47. The van der Waals surface area contributed by atoms with E-state index in [-0.39, 0.29) is 5.41 Å². The number of piperidine rings is 2. The van der Waals surface area contributed by atoms with Crippen LogP contribution in [0.4, 0.5) is 5.69 Å². The van der Waals surface area contributed by atoms with E-state index in [2.05, 4.69) is 27.5 Å². The van der Waals surface area contributed by atoms with Gasteiger partial charge in [-0.15, -0.1) is 0 Å². The minimum atomic E-state index is 0.197. The molecule has 5 rings (SSSR count). The van der Waals surface area contributed by atoms with Crippen LogP contribution in [0.2, 0.25) is 0 Å². The zero-order valence-corrected chi connectivity index (χ0v) is 16.4. The first-order chi connectivity index (χ1) is 12.7. The van der Waals surface area contributed by atoms with Crippen molar-refractivity contribution in [2.24, 2.45) is 16.4 Å². The van der Waals surface area contributed by atoms with Crippen molar-refractivity contribution in [1.29, 1.82) is 0 Å². The summed E-state index contributed by atoms with van der Waals surface area (Å²) in [6, 6.07) is 10.0. The summed E-state index contributed by atoms with van der Waals surface area (Å²) in [4.78, 5) is 5.32. The topological polar surface area (TPSA) is 42.9 Å². The van der Waals surface area contributed by atoms with E-state index in [0.717, 1.165) is 31.9 Å². The van der Waals surface area contributed by atoms with Gasteiger partial charge >= 0.3 is 0 Å². The van der Waals surface area contributed by atoms with Crippen molar-refractivity contribution in [3.05, 3.63) is 30.3 Å². The Morgan fingerprint density at radius 2 is 1.88 bits per heavy atom. The number of hydrogen-bond acceptors (Lipinski definition) is 4. The highest BCUT2D eigenvalue weighted by Crippen LogP contribution is 2.41. The van der Waals surface area contributed by atoms with Crippen molar-refractivity contribution >= 4 is 28.7 Å². The molecule has 0 aromatic heterocycles. The number of fused-ring (bicyclic) bond motifs is 1. The molecule has 1 aromatic rings. The van der Waals surface area contributed by atoms with Crippen LogP contribution in [0.25, 0.3) is 0 Å². The van der Waals surface area contributed by atoms with E-state index >= 15 is 0 Å². The van der Waals surface area contributed by atoms with Crippen molar-refractivity contribution in [3.63, 3.8) is 0 Å². The normalized spacial score (nSPS) is 33.9. The summed E-state index contributed by atoms with van der Waals surface area (Å²) in [7, 11) is 0. The molecule has 26 heavy (non-hydrogen) atoms. The van der Waals surface area contributed by atoms with Gasteiger partial charge in [-0.05, 0) is 30.8 Å². The van der Waals surface area contributed by atoms with Gasteiger partial charge < -0.3 is 15.1 Å². The molecular formula is C20H29N5S. The predicted octanol–water partition coefficient (Wildman–Crippen LogP) is 2.77. The number of nitrogens with one attached hydrogen (secondary N) is 2. The quantitative estimate of drug-likeness (QED) is 0.615. The highest BCUT2D eigenvalue weighted by atomic mass is 32.1. The fourth-order valence-corrected chi connectivity index (χ4v) is 5.07. The van der Waals surface area contributed by atoms with Gasteiger partial charge in [-0.25, -0.2) is 0 Å². The fraction of sp³-hybridized carbons (Fsp3) is 0.600. The van der Waals surface area contributed by atoms with E-state index in [1.807, 2.05) is 30.3 Å². The van der Waals surface area contributed by atoms with Crippen molar-refractivity contribution < 1.29 is 0 Å². The maximum Gasteiger partial charge on any atom is 0.191 e. The first kappa shape index (κ1) is 17.9. The predicted molar refractivity (Wildman–Crippen MR) is 112 cm³/mol. The van der Waals surface area contributed by atoms with Gasteiger partial charge in [-0.3, -0.25) is 5.43 Å². The van der Waals surface area contributed by atoms with Crippen LogP contribution < -0.4 is 10.7 Å². The molecule has 0 saturated carbocycles. The summed E-state index contributed by atoms with van der Waals surface area (Å²) < 4.78 is 0. The van der Waals surface area contributed by atoms with Gasteiger partial charge in [0.1, 0.15) is 0 Å². The molecular weight excluding hydrogens is 342 g/mol. The van der Waals surface area contributed by atoms with Crippen molar-refractivity contribution in [1.82, 2.24) is 15.2 Å². The number of hydrogen-bond donors (Lipinski definition) is 2. The Morgan fingerprint density at radius 3 is 2.54 bits per heavy atom. The molecule has 0 amide bonds. The van der Waals surface area contributed by atoms with Crippen LogP contribution >= 0.6 is 12.2 Å². The summed E-state index contributed by atoms with van der Waals surface area (Å²) in [5, 5.41) is 8.69. The van der Waals surface area contributed by atoms with Crippen LogP contribution in [0.5, 0.6) is 0 Å². The standard InChI is InChI=1S/C20H29N5S/c1-2-3-9-20-14-24-10-11-25(15-20)13-16(12-24)18(20)22-23-19(26)21-17-7-5-4-6-8-17/h4-8,16H,2-3,9-15H2,1H3,(H2,21,23,26). The third-order valence-electron chi connectivity index (χ3n) is 5.99. The lowest BCUT2D eigenvalue weighted by atomic mass is 9.68. The fourth-order valence-electron chi connectivity index (χ4n) is 4.91. The number of benzene rings is 1. The van der Waals surface area contributed by atoms with E-state index in [1.165, 1.54) is 38.1 Å². The Balaban J connectivity index is 1.51. The van der Waals surface area contributed by atoms with Crippen LogP contribution in [-0.2, 0) is 0 Å². The van der Waals surface area contributed by atoms with E-state index in [9.17, 15) is 0 Å². The number of nitrogens with zero attached hydrogens (tertiary/aromatic N) is 3. The number of thiocarbonyl (C=S) groups is 1. The molecule has 0 aliphatic carbocycles. The van der Waals surface area contributed by atoms with Crippen molar-refractivity contribution in [2.45, 2.75) is 26.2 Å². The summed E-state index contributed by atoms with van der Waals surface area (Å²) in [6.45, 7) is 9.29. The smallest absolute Gasteiger partial charge is 0.191 e. The molecule has 0 radical (unpaired) electrons. The minimum absolute atomic E-state index is 0.197. The first-order valence-electron chi connectivity index (χ1n) is 9.83. The van der Waals surface area contributed by atoms with Crippen LogP contribution in [-0.4, -0.2) is 59.9 Å². The lowest BCUT2D eigenvalue weighted by Crippen LogP contribution is -2.61. The molecule has 1 aromatic carbocycles. The largest absolute Gasteiger partial charge is 0.331 e. The first-order valence-corrected chi connectivity index (χ1v) is 10.2. The molecule has 4 aliphatic heterocycles. The van der Waals surface area contributed by atoms with E-state index in [4.69, 9.17) is 17.3 Å². The average molecular weight is 372 g/mol. The molecule has 2 unspecified atom stereocenters. The van der Waals surface area contributed by atoms with Gasteiger partial charge in [-0.1, -0.05) is 38.0 Å². The summed E-state index contributed by atoms with van der Waals surface area (Å²) in [5.41, 5.74) is 5.70. The highest BCUT2D eigenvalue weighted by molar-refractivity contribution is 7.80. The second-order valence-corrected chi connectivity index (χ2v) is 8.39. The Kier molecular flexibility index (Phi) is 5.25. The highest BCUT2D eigenvalue weighted by Gasteiger charge is 2.51. The Morgan fingerprint density at radius 1 is 1.19 bits per heavy atom. The van der Waals surface area contributed by atoms with Crippen molar-refractivity contribution in [2.75, 3.05) is 44.6 Å². The number of rotatable bonds is 5. The Bertz CT molecular complexity index is 658. The Labute approximate surface area is 161 Å². The second kappa shape index (κ2) is 7.62. The maximum absolute atomic E-state index is 5.47. The molecule has 4 fully saturated rings. The van der Waals surface area contributed by atoms with Gasteiger partial charge in [0.15, 0.2) is 5.11 Å². The molecule has 0 spiro atoms. The van der Waals surface area contributed by atoms with Crippen molar-refractivity contribution in [3.8, 4) is 0 Å². The monoisotopic (exact) mass is 371 g/mol. The minimum Gasteiger partial charge on any atom is -0.331 e. The number of hydrazone groups is 1. The van der Waals surface area contributed by atoms with Crippen LogP contribution in [0.3, 0.4) is 0 Å². The lowest BCUT2D eigenvalue weighted by Gasteiger charge is -2.50. The SMILES string of the molecule is CCCCC12CN3CCN(CC(C3)C1=NNC(=S)Nc1ccccc1)C2. The molecule has 140 valence electrons. The van der Waals surface area contributed by atoms with Gasteiger partial charge in [0.05, 0.1) is 5.71 Å². The van der Waals surface area contributed by atoms with Gasteiger partial charge in [-0.2, -0.15) is 5.10 Å². The van der Waals surface area contributed by atoms with Gasteiger partial charge in [0, 0.05) is 56.3 Å². The van der Waals surface area contributed by atoms with E-state index in [1.54, 1.807) is 0 Å². The van der Waals surface area contributed by atoms with E-state index in [0.29, 0.717) is 11.0 Å². The van der Waals surface area contributed by atoms with Gasteiger partial charge in [0.25, 0.3) is 0 Å². The molecule has 2 N–H and O–H groups in total. The van der Waals surface area contributed by atoms with Crippen LogP contribution in [0.15, 0.2) is 35.4 Å². The summed E-state index contributed by atoms with van der Waals surface area (Å²) in [6.07, 6.45) is 3.73. The third kappa shape index (κ3) is 3.63. The second-order valence-electron chi connectivity index (χ2n) is 7.98. The summed E-state index contributed by atoms with van der Waals surface area (Å²) >= 11 is 5.47. The number of para-hydroxylation sites is 1. The third-order valence-corrected chi connectivity index (χ3v) is 6.18. The molecule has 2 atom stereocenters. The lowest BCUT2D eigenvalue weighted by molar-refractivity contribution is 0.108. The number of unbranched alkanes of at least 4 members (excludes halogenated alkanes) is 1. The average Bonchev–Trinajstić information content (AvgIpc) is 2.88. The Hall–Kier alpha value is -1.50. The molecule has 5 nitrogen and oxygen atoms in total. The summed E-state index contributed by atoms with van der Waals surface area (Å²) in [5.74, 6) is 0.531. The molecule has 6 heteroatoms. The molecule has 4 aliphatic rings. The van der Waals surface area contributed by atoms with Crippen LogP contribution in [0.1, 0.15) is 26.2 Å². The zero-order chi connectivity index (χ0) is 18.0. The molecule has 4 saturated heterocycles. The molecule has 4 bridgehead atoms. The van der Waals surface area contributed by atoms with E-state index < -0.39 is 0 Å². The molecule has 4 heterocycles. The zero-order valence-electron chi connectivity index (χ0n) is 15.6.